The Hall–Kier alpha value is -2.86. The number of fused-ring (bicyclic) bond motifs is 1. The van der Waals surface area contributed by atoms with E-state index in [0.717, 1.165) is 29.8 Å². The molecule has 4 rings (SSSR count). The summed E-state index contributed by atoms with van der Waals surface area (Å²) in [5.74, 6) is 0.757. The minimum absolute atomic E-state index is 0.0346. The van der Waals surface area contributed by atoms with E-state index in [9.17, 15) is 9.59 Å². The van der Waals surface area contributed by atoms with Gasteiger partial charge in [-0.2, -0.15) is 0 Å². The van der Waals surface area contributed by atoms with Crippen LogP contribution in [0, 0.1) is 0 Å². The maximum atomic E-state index is 13.5. The molecule has 0 atom stereocenters. The van der Waals surface area contributed by atoms with Crippen molar-refractivity contribution in [1.82, 2.24) is 4.90 Å². The van der Waals surface area contributed by atoms with Crippen LogP contribution in [0.2, 0.25) is 0 Å². The van der Waals surface area contributed by atoms with Crippen LogP contribution in [-0.2, 0) is 16.1 Å². The summed E-state index contributed by atoms with van der Waals surface area (Å²) in [4.78, 5) is 30.3. The van der Waals surface area contributed by atoms with Crippen molar-refractivity contribution in [2.75, 3.05) is 30.4 Å². The number of nitrogens with zero attached hydrogens (tertiary/aromatic N) is 2. The fraction of sp³-hybridized carbons (Fsp3) is 0.417. The summed E-state index contributed by atoms with van der Waals surface area (Å²) in [6.07, 6.45) is 3.34. The van der Waals surface area contributed by atoms with Gasteiger partial charge in [-0.25, -0.2) is 0 Å². The van der Waals surface area contributed by atoms with Gasteiger partial charge in [-0.1, -0.05) is 37.1 Å². The molecule has 0 unspecified atom stereocenters. The van der Waals surface area contributed by atoms with Crippen LogP contribution in [0.3, 0.4) is 0 Å². The van der Waals surface area contributed by atoms with Crippen molar-refractivity contribution < 1.29 is 14.3 Å². The molecular formula is C24H29N3O3. The highest BCUT2D eigenvalue weighted by Gasteiger charge is 2.52. The van der Waals surface area contributed by atoms with Crippen LogP contribution in [-0.4, -0.2) is 42.5 Å². The Morgan fingerprint density at radius 2 is 1.83 bits per heavy atom. The van der Waals surface area contributed by atoms with Gasteiger partial charge in [-0.3, -0.25) is 19.4 Å². The van der Waals surface area contributed by atoms with Gasteiger partial charge in [-0.05, 0) is 56.6 Å². The first-order valence-corrected chi connectivity index (χ1v) is 10.7. The third-order valence-electron chi connectivity index (χ3n) is 6.02. The number of carbonyl (C=O) groups is 2. The van der Waals surface area contributed by atoms with Gasteiger partial charge in [0.25, 0.3) is 5.91 Å². The summed E-state index contributed by atoms with van der Waals surface area (Å²) in [5, 5.41) is 3.03. The maximum Gasteiger partial charge on any atom is 0.250 e. The summed E-state index contributed by atoms with van der Waals surface area (Å²) < 4.78 is 5.49. The van der Waals surface area contributed by atoms with E-state index in [1.165, 1.54) is 0 Å². The lowest BCUT2D eigenvalue weighted by Crippen LogP contribution is -2.62. The summed E-state index contributed by atoms with van der Waals surface area (Å²) in [5.41, 5.74) is 1.87. The lowest BCUT2D eigenvalue weighted by atomic mass is 9.89. The number of rotatable bonds is 6. The zero-order valence-electron chi connectivity index (χ0n) is 17.7. The van der Waals surface area contributed by atoms with Gasteiger partial charge in [0.1, 0.15) is 11.3 Å². The third-order valence-corrected chi connectivity index (χ3v) is 6.02. The molecule has 1 N–H and O–H groups in total. The lowest BCUT2D eigenvalue weighted by molar-refractivity contribution is -0.127. The van der Waals surface area contributed by atoms with Crippen molar-refractivity contribution in [3.63, 3.8) is 0 Å². The van der Waals surface area contributed by atoms with Crippen LogP contribution in [0.4, 0.5) is 11.4 Å². The first kappa shape index (κ1) is 20.4. The Labute approximate surface area is 177 Å². The van der Waals surface area contributed by atoms with Crippen molar-refractivity contribution in [2.45, 2.75) is 44.7 Å². The van der Waals surface area contributed by atoms with Crippen LogP contribution >= 0.6 is 0 Å². The Morgan fingerprint density at radius 1 is 1.13 bits per heavy atom. The zero-order valence-corrected chi connectivity index (χ0v) is 17.7. The topological polar surface area (TPSA) is 61.9 Å². The van der Waals surface area contributed by atoms with Crippen LogP contribution in [0.1, 0.15) is 38.2 Å². The summed E-state index contributed by atoms with van der Waals surface area (Å²) in [6, 6.07) is 15.5. The predicted octanol–water partition coefficient (Wildman–Crippen LogP) is 3.82. The molecule has 0 bridgehead atoms. The summed E-state index contributed by atoms with van der Waals surface area (Å²) in [7, 11) is 1.94. The summed E-state index contributed by atoms with van der Waals surface area (Å²) >= 11 is 0. The van der Waals surface area contributed by atoms with E-state index in [2.05, 4.69) is 5.32 Å². The molecule has 6 nitrogen and oxygen atoms in total. The van der Waals surface area contributed by atoms with Crippen LogP contribution in [0.15, 0.2) is 48.5 Å². The third kappa shape index (κ3) is 3.79. The SMILES string of the molecule is CCOc1ccc(CN(C)CC(=O)N2c3ccccc3NC(=O)C23CCCC3)cc1. The largest absolute Gasteiger partial charge is 0.494 e. The molecule has 1 aliphatic carbocycles. The molecule has 0 aromatic heterocycles. The van der Waals surface area contributed by atoms with Crippen LogP contribution in [0.5, 0.6) is 5.75 Å². The van der Waals surface area contributed by atoms with E-state index in [0.29, 0.717) is 31.7 Å². The van der Waals surface area contributed by atoms with Gasteiger partial charge >= 0.3 is 0 Å². The highest BCUT2D eigenvalue weighted by molar-refractivity contribution is 6.15. The second-order valence-electron chi connectivity index (χ2n) is 8.19. The fourth-order valence-corrected chi connectivity index (χ4v) is 4.66. The Balaban J connectivity index is 1.52. The number of nitrogens with one attached hydrogen (secondary N) is 1. The van der Waals surface area contributed by atoms with Gasteiger partial charge in [0, 0.05) is 6.54 Å². The van der Waals surface area contributed by atoms with Crippen molar-refractivity contribution in [3.05, 3.63) is 54.1 Å². The summed E-state index contributed by atoms with van der Waals surface area (Å²) in [6.45, 7) is 3.49. The van der Waals surface area contributed by atoms with E-state index in [1.807, 2.05) is 67.4 Å². The molecule has 1 heterocycles. The number of carbonyl (C=O) groups excluding carboxylic acids is 2. The molecule has 6 heteroatoms. The lowest BCUT2D eigenvalue weighted by Gasteiger charge is -2.44. The van der Waals surface area contributed by atoms with Crippen LogP contribution in [0.25, 0.3) is 0 Å². The Morgan fingerprint density at radius 3 is 2.53 bits per heavy atom. The molecule has 0 saturated heterocycles. The first-order valence-electron chi connectivity index (χ1n) is 10.7. The fourth-order valence-electron chi connectivity index (χ4n) is 4.66. The number of para-hydroxylation sites is 2. The van der Waals surface area contributed by atoms with Crippen molar-refractivity contribution in [2.24, 2.45) is 0 Å². The van der Waals surface area contributed by atoms with Crippen molar-refractivity contribution in [1.29, 1.82) is 0 Å². The molecule has 158 valence electrons. The van der Waals surface area contributed by atoms with Gasteiger partial charge in [-0.15, -0.1) is 0 Å². The quantitative estimate of drug-likeness (QED) is 0.791. The second-order valence-corrected chi connectivity index (χ2v) is 8.19. The Bertz CT molecular complexity index is 920. The van der Waals surface area contributed by atoms with Crippen LogP contribution < -0.4 is 15.0 Å². The number of benzene rings is 2. The van der Waals surface area contributed by atoms with Crippen molar-refractivity contribution in [3.8, 4) is 5.75 Å². The predicted molar refractivity (Wildman–Crippen MR) is 118 cm³/mol. The number of hydrogen-bond donors (Lipinski definition) is 1. The van der Waals surface area contributed by atoms with E-state index in [1.54, 1.807) is 4.90 Å². The Kier molecular flexibility index (Phi) is 5.77. The van der Waals surface area contributed by atoms with E-state index < -0.39 is 5.54 Å². The molecule has 0 radical (unpaired) electrons. The maximum absolute atomic E-state index is 13.5. The molecule has 2 amide bonds. The van der Waals surface area contributed by atoms with Gasteiger partial charge in [0.2, 0.25) is 5.91 Å². The molecular weight excluding hydrogens is 378 g/mol. The highest BCUT2D eigenvalue weighted by atomic mass is 16.5. The standard InChI is InChI=1S/C24H29N3O3/c1-3-30-19-12-10-18(11-13-19)16-26(2)17-22(28)27-21-9-5-4-8-20(21)25-23(29)24(27)14-6-7-15-24/h4-5,8-13H,3,6-7,14-17H2,1-2H3,(H,25,29). The highest BCUT2D eigenvalue weighted by Crippen LogP contribution is 2.45. The molecule has 2 aromatic carbocycles. The molecule has 1 saturated carbocycles. The van der Waals surface area contributed by atoms with E-state index >= 15 is 0 Å². The molecule has 30 heavy (non-hydrogen) atoms. The van der Waals surface area contributed by atoms with Gasteiger partial charge < -0.3 is 10.1 Å². The first-order chi connectivity index (χ1) is 14.5. The minimum atomic E-state index is -0.759. The molecule has 2 aliphatic rings. The van der Waals surface area contributed by atoms with Crippen molar-refractivity contribution >= 4 is 23.2 Å². The molecule has 1 spiro atoms. The normalized spacial score (nSPS) is 17.2. The average molecular weight is 408 g/mol. The zero-order chi connectivity index (χ0) is 21.1. The second kappa shape index (κ2) is 8.48. The van der Waals surface area contributed by atoms with E-state index in [-0.39, 0.29) is 18.4 Å². The number of amides is 2. The smallest absolute Gasteiger partial charge is 0.250 e. The number of anilines is 2. The van der Waals surface area contributed by atoms with Gasteiger partial charge in [0.05, 0.1) is 24.5 Å². The molecule has 2 aromatic rings. The number of likely N-dealkylation sites (N-methyl/N-ethyl adjacent to an activating group) is 1. The van der Waals surface area contributed by atoms with Gasteiger partial charge in [0.15, 0.2) is 0 Å². The number of hydrogen-bond acceptors (Lipinski definition) is 4. The minimum Gasteiger partial charge on any atom is -0.494 e. The molecule has 1 fully saturated rings. The molecule has 1 aliphatic heterocycles. The monoisotopic (exact) mass is 407 g/mol. The average Bonchev–Trinajstić information content (AvgIpc) is 3.21. The van der Waals surface area contributed by atoms with E-state index in [4.69, 9.17) is 4.74 Å². The number of ether oxygens (including phenoxy) is 1.